The van der Waals surface area contributed by atoms with Crippen molar-refractivity contribution in [2.45, 2.75) is 26.1 Å². The van der Waals surface area contributed by atoms with Gasteiger partial charge in [-0.3, -0.25) is 14.3 Å². The van der Waals surface area contributed by atoms with Gasteiger partial charge >= 0.3 is 0 Å². The molecule has 0 aliphatic carbocycles. The number of aliphatic hydroxyl groups is 1. The molecule has 1 aromatic carbocycles. The van der Waals surface area contributed by atoms with Crippen molar-refractivity contribution in [1.82, 2.24) is 19.6 Å². The van der Waals surface area contributed by atoms with Crippen molar-refractivity contribution in [2.24, 2.45) is 5.92 Å². The third-order valence-corrected chi connectivity index (χ3v) is 5.00. The highest BCUT2D eigenvalue weighted by molar-refractivity contribution is 5.90. The second kappa shape index (κ2) is 8.84. The van der Waals surface area contributed by atoms with Gasteiger partial charge in [-0.25, -0.2) is 0 Å². The third-order valence-electron chi connectivity index (χ3n) is 5.00. The molecule has 2 aromatic rings. The molecule has 0 spiro atoms. The van der Waals surface area contributed by atoms with Crippen LogP contribution in [0, 0.1) is 5.92 Å². The molecule has 1 unspecified atom stereocenters. The highest BCUT2D eigenvalue weighted by Gasteiger charge is 2.37. The van der Waals surface area contributed by atoms with Gasteiger partial charge in [0, 0.05) is 37.9 Å². The number of amides is 2. The molecule has 0 saturated carbocycles. The van der Waals surface area contributed by atoms with Crippen LogP contribution in [0.5, 0.6) is 0 Å². The summed E-state index contributed by atoms with van der Waals surface area (Å²) in [6.07, 6.45) is 3.87. The molecular weight excluding hydrogens is 356 g/mol. The maximum Gasteiger partial charge on any atom is 0.246 e. The number of hydrogen-bond acceptors (Lipinski definition) is 4. The summed E-state index contributed by atoms with van der Waals surface area (Å²) in [7, 11) is 0. The van der Waals surface area contributed by atoms with Crippen LogP contribution in [0.1, 0.15) is 24.2 Å². The third kappa shape index (κ3) is 4.48. The fourth-order valence-electron chi connectivity index (χ4n) is 3.28. The lowest BCUT2D eigenvalue weighted by Crippen LogP contribution is -2.56. The number of aryl methyl sites for hydroxylation is 1. The summed E-state index contributed by atoms with van der Waals surface area (Å²) < 4.78 is 1.74. The molecule has 148 valence electrons. The highest BCUT2D eigenvalue weighted by atomic mass is 16.3. The standard InChI is InChI=1S/C21H26N4O3/c1-3-20(27)23-12-18(13-23)21(28)24(11-16-8-6-5-7-9-16)15-19(26)17-10-22-25(4-2)14-17/h3,5-10,14,18-19,26H,1,4,11-13,15H2,2H3. The van der Waals surface area contributed by atoms with Crippen molar-refractivity contribution >= 4 is 11.8 Å². The molecule has 0 radical (unpaired) electrons. The molecule has 28 heavy (non-hydrogen) atoms. The first-order valence-corrected chi connectivity index (χ1v) is 9.46. The molecule has 1 aliphatic rings. The van der Waals surface area contributed by atoms with E-state index in [0.29, 0.717) is 31.7 Å². The zero-order valence-electron chi connectivity index (χ0n) is 16.1. The smallest absolute Gasteiger partial charge is 0.246 e. The van der Waals surface area contributed by atoms with E-state index in [1.807, 2.05) is 37.3 Å². The first-order chi connectivity index (χ1) is 13.5. The van der Waals surface area contributed by atoms with Crippen LogP contribution in [0.15, 0.2) is 55.4 Å². The molecule has 1 atom stereocenters. The summed E-state index contributed by atoms with van der Waals surface area (Å²) >= 11 is 0. The predicted octanol–water partition coefficient (Wildman–Crippen LogP) is 1.61. The maximum absolute atomic E-state index is 13.0. The van der Waals surface area contributed by atoms with Crippen LogP contribution in [0.4, 0.5) is 0 Å². The van der Waals surface area contributed by atoms with Crippen LogP contribution >= 0.6 is 0 Å². The monoisotopic (exact) mass is 382 g/mol. The van der Waals surface area contributed by atoms with Crippen LogP contribution < -0.4 is 0 Å². The van der Waals surface area contributed by atoms with Crippen molar-refractivity contribution in [2.75, 3.05) is 19.6 Å². The summed E-state index contributed by atoms with van der Waals surface area (Å²) in [5, 5.41) is 14.8. The van der Waals surface area contributed by atoms with E-state index in [4.69, 9.17) is 0 Å². The number of likely N-dealkylation sites (tertiary alicyclic amines) is 1. The molecule has 2 heterocycles. The van der Waals surface area contributed by atoms with Crippen LogP contribution in [-0.2, 0) is 22.7 Å². The van der Waals surface area contributed by atoms with E-state index < -0.39 is 6.10 Å². The second-order valence-corrected chi connectivity index (χ2v) is 6.99. The molecule has 7 nitrogen and oxygen atoms in total. The largest absolute Gasteiger partial charge is 0.386 e. The Hall–Kier alpha value is -2.93. The zero-order valence-corrected chi connectivity index (χ0v) is 16.1. The molecule has 1 saturated heterocycles. The van der Waals surface area contributed by atoms with Gasteiger partial charge in [0.1, 0.15) is 0 Å². The Kier molecular flexibility index (Phi) is 6.26. The van der Waals surface area contributed by atoms with E-state index in [-0.39, 0.29) is 24.3 Å². The van der Waals surface area contributed by atoms with Crippen LogP contribution in [-0.4, -0.2) is 56.1 Å². The fraction of sp³-hybridized carbons (Fsp3) is 0.381. The molecule has 7 heteroatoms. The van der Waals surface area contributed by atoms with Crippen molar-refractivity contribution in [3.63, 3.8) is 0 Å². The van der Waals surface area contributed by atoms with Gasteiger partial charge in [-0.1, -0.05) is 36.9 Å². The average Bonchev–Trinajstić information content (AvgIpc) is 3.16. The van der Waals surface area contributed by atoms with Gasteiger partial charge in [0.25, 0.3) is 0 Å². The molecule has 1 aliphatic heterocycles. The number of rotatable bonds is 8. The van der Waals surface area contributed by atoms with Gasteiger partial charge in [0.2, 0.25) is 11.8 Å². The molecule has 3 rings (SSSR count). The Morgan fingerprint density at radius 2 is 2.07 bits per heavy atom. The van der Waals surface area contributed by atoms with E-state index in [1.165, 1.54) is 6.08 Å². The highest BCUT2D eigenvalue weighted by Crippen LogP contribution is 2.22. The van der Waals surface area contributed by atoms with E-state index in [0.717, 1.165) is 5.56 Å². The summed E-state index contributed by atoms with van der Waals surface area (Å²) in [6.45, 7) is 7.53. The fourth-order valence-corrected chi connectivity index (χ4v) is 3.28. The second-order valence-electron chi connectivity index (χ2n) is 6.99. The van der Waals surface area contributed by atoms with E-state index in [2.05, 4.69) is 11.7 Å². The summed E-state index contributed by atoms with van der Waals surface area (Å²) in [6, 6.07) is 9.68. The van der Waals surface area contributed by atoms with E-state index >= 15 is 0 Å². The minimum atomic E-state index is -0.820. The van der Waals surface area contributed by atoms with Gasteiger partial charge in [-0.15, -0.1) is 0 Å². The summed E-state index contributed by atoms with van der Waals surface area (Å²) in [5.41, 5.74) is 1.68. The Bertz CT molecular complexity index is 827. The molecule has 1 fully saturated rings. The number of carbonyl (C=O) groups is 2. The quantitative estimate of drug-likeness (QED) is 0.704. The van der Waals surface area contributed by atoms with Gasteiger partial charge in [0.15, 0.2) is 0 Å². The van der Waals surface area contributed by atoms with Gasteiger partial charge in [0.05, 0.1) is 24.8 Å². The Labute approximate surface area is 164 Å². The first-order valence-electron chi connectivity index (χ1n) is 9.46. The first kappa shape index (κ1) is 19.8. The minimum Gasteiger partial charge on any atom is -0.386 e. The zero-order chi connectivity index (χ0) is 20.1. The van der Waals surface area contributed by atoms with E-state index in [1.54, 1.807) is 26.9 Å². The van der Waals surface area contributed by atoms with Gasteiger partial charge < -0.3 is 14.9 Å². The summed E-state index contributed by atoms with van der Waals surface area (Å²) in [4.78, 5) is 28.0. The number of aromatic nitrogens is 2. The van der Waals surface area contributed by atoms with Crippen LogP contribution in [0.3, 0.4) is 0 Å². The Balaban J connectivity index is 1.70. The molecular formula is C21H26N4O3. The lowest BCUT2D eigenvalue weighted by Gasteiger charge is -2.40. The lowest BCUT2D eigenvalue weighted by atomic mass is 9.97. The number of benzene rings is 1. The molecule has 0 bridgehead atoms. The Morgan fingerprint density at radius 1 is 1.36 bits per heavy atom. The SMILES string of the molecule is C=CC(=O)N1CC(C(=O)N(Cc2ccccc2)CC(O)c2cnn(CC)c2)C1. The number of hydrogen-bond donors (Lipinski definition) is 1. The normalized spacial score (nSPS) is 15.0. The van der Waals surface area contributed by atoms with Gasteiger partial charge in [-0.2, -0.15) is 5.10 Å². The van der Waals surface area contributed by atoms with Crippen LogP contribution in [0.25, 0.3) is 0 Å². The summed E-state index contributed by atoms with van der Waals surface area (Å²) in [5.74, 6) is -0.470. The van der Waals surface area contributed by atoms with E-state index in [9.17, 15) is 14.7 Å². The number of aliphatic hydroxyl groups excluding tert-OH is 1. The predicted molar refractivity (Wildman–Crippen MR) is 105 cm³/mol. The Morgan fingerprint density at radius 3 is 2.68 bits per heavy atom. The average molecular weight is 382 g/mol. The number of nitrogens with zero attached hydrogens (tertiary/aromatic N) is 4. The lowest BCUT2D eigenvalue weighted by molar-refractivity contribution is -0.147. The van der Waals surface area contributed by atoms with Crippen molar-refractivity contribution in [1.29, 1.82) is 0 Å². The maximum atomic E-state index is 13.0. The van der Waals surface area contributed by atoms with Crippen molar-refractivity contribution in [3.05, 3.63) is 66.5 Å². The minimum absolute atomic E-state index is 0.0566. The van der Waals surface area contributed by atoms with Crippen molar-refractivity contribution in [3.8, 4) is 0 Å². The molecule has 1 aromatic heterocycles. The van der Waals surface area contributed by atoms with Gasteiger partial charge in [-0.05, 0) is 18.6 Å². The topological polar surface area (TPSA) is 78.7 Å². The molecule has 2 amide bonds. The van der Waals surface area contributed by atoms with Crippen molar-refractivity contribution < 1.29 is 14.7 Å². The van der Waals surface area contributed by atoms with Crippen LogP contribution in [0.2, 0.25) is 0 Å². The molecule has 1 N–H and O–H groups in total. The number of carbonyl (C=O) groups excluding carboxylic acids is 2.